The molecule has 3 aromatic heterocycles. The Bertz CT molecular complexity index is 1250. The van der Waals surface area contributed by atoms with E-state index in [0.717, 1.165) is 17.9 Å². The Morgan fingerprint density at radius 1 is 1.29 bits per heavy atom. The molecule has 2 fully saturated rings. The number of nitrogens with one attached hydrogen (secondary N) is 2. The third kappa shape index (κ3) is 6.70. The number of aromatic nitrogens is 6. The number of imidazole rings is 1. The van der Waals surface area contributed by atoms with Gasteiger partial charge in [0.1, 0.15) is 0 Å². The first kappa shape index (κ1) is 28.0. The van der Waals surface area contributed by atoms with Gasteiger partial charge < -0.3 is 10.6 Å². The second kappa shape index (κ2) is 12.2. The van der Waals surface area contributed by atoms with Crippen molar-refractivity contribution in [1.29, 1.82) is 0 Å². The van der Waals surface area contributed by atoms with Gasteiger partial charge in [0, 0.05) is 37.8 Å². The maximum absolute atomic E-state index is 13.8. The molecule has 3 aromatic rings. The van der Waals surface area contributed by atoms with Gasteiger partial charge in [-0.2, -0.15) is 10.2 Å². The Balaban J connectivity index is 0.000000417. The first-order valence-electron chi connectivity index (χ1n) is 13.3. The van der Waals surface area contributed by atoms with Crippen LogP contribution in [0.15, 0.2) is 37.3 Å². The second-order valence-electron chi connectivity index (χ2n) is 10.0. The molecule has 0 amide bonds. The maximum Gasteiger partial charge on any atom is 0.251 e. The van der Waals surface area contributed by atoms with Crippen molar-refractivity contribution in [3.05, 3.63) is 60.1 Å². The fourth-order valence-electron chi connectivity index (χ4n) is 4.97. The van der Waals surface area contributed by atoms with E-state index in [9.17, 15) is 8.78 Å². The molecule has 4 heterocycles. The molecule has 2 aliphatic rings. The number of allylic oxidation sites excluding steroid dienone is 1. The minimum atomic E-state index is -2.60. The molecule has 11 heteroatoms. The van der Waals surface area contributed by atoms with Crippen LogP contribution in [0.5, 0.6) is 0 Å². The Morgan fingerprint density at radius 2 is 2.05 bits per heavy atom. The number of fused-ring (bicyclic) bond motifs is 1. The summed E-state index contributed by atoms with van der Waals surface area (Å²) < 4.78 is 31.1. The largest absolute Gasteiger partial charge is 0.389 e. The molecular weight excluding hydrogens is 510 g/mol. The molecule has 1 saturated carbocycles. The number of alkyl halides is 3. The fraction of sp³-hybridized carbons (Fsp3) is 0.556. The number of aryl methyl sites for hydroxylation is 2. The topological polar surface area (TPSA) is 85.0 Å². The molecule has 5 rings (SSSR count). The highest BCUT2D eigenvalue weighted by molar-refractivity contribution is 6.16. The molecule has 0 radical (unpaired) electrons. The van der Waals surface area contributed by atoms with Crippen molar-refractivity contribution < 1.29 is 8.78 Å². The number of halogens is 3. The molecule has 1 atom stereocenters. The monoisotopic (exact) mass is 546 g/mol. The molecule has 1 aliphatic heterocycles. The summed E-state index contributed by atoms with van der Waals surface area (Å²) in [6.45, 7) is 13.7. The number of hydrogen-bond donors (Lipinski definition) is 2. The lowest BCUT2D eigenvalue weighted by molar-refractivity contribution is -0.0493. The highest BCUT2D eigenvalue weighted by atomic mass is 35.5. The van der Waals surface area contributed by atoms with Crippen molar-refractivity contribution in [3.63, 3.8) is 0 Å². The summed E-state index contributed by atoms with van der Waals surface area (Å²) in [7, 11) is 0. The maximum atomic E-state index is 13.8. The zero-order chi connectivity index (χ0) is 27.3. The lowest BCUT2D eigenvalue weighted by Crippen LogP contribution is -2.34. The molecule has 0 bridgehead atoms. The van der Waals surface area contributed by atoms with Crippen LogP contribution in [0.1, 0.15) is 80.7 Å². The van der Waals surface area contributed by atoms with Crippen LogP contribution in [0.3, 0.4) is 0 Å². The molecule has 1 unspecified atom stereocenters. The zero-order valence-corrected chi connectivity index (χ0v) is 22.9. The van der Waals surface area contributed by atoms with Gasteiger partial charge in [0.25, 0.3) is 5.78 Å². The van der Waals surface area contributed by atoms with Crippen molar-refractivity contribution in [2.75, 3.05) is 6.54 Å². The first-order chi connectivity index (χ1) is 18.2. The van der Waals surface area contributed by atoms with Gasteiger partial charge in [0.2, 0.25) is 5.92 Å². The van der Waals surface area contributed by atoms with Gasteiger partial charge in [-0.15, -0.1) is 11.6 Å². The quantitative estimate of drug-likeness (QED) is 0.365. The van der Waals surface area contributed by atoms with Crippen molar-refractivity contribution in [2.45, 2.75) is 83.2 Å². The lowest BCUT2D eigenvalue weighted by atomic mass is 9.81. The minimum absolute atomic E-state index is 0.0205. The fourth-order valence-corrected chi connectivity index (χ4v) is 5.23. The third-order valence-electron chi connectivity index (χ3n) is 7.21. The second-order valence-corrected chi connectivity index (χ2v) is 10.3. The van der Waals surface area contributed by atoms with Crippen LogP contribution in [-0.2, 0) is 12.4 Å². The van der Waals surface area contributed by atoms with Gasteiger partial charge in [0.05, 0.1) is 46.6 Å². The third-order valence-corrected chi connectivity index (χ3v) is 7.47. The Labute approximate surface area is 227 Å². The van der Waals surface area contributed by atoms with Gasteiger partial charge >= 0.3 is 0 Å². The Hall–Kier alpha value is -3.01. The lowest BCUT2D eigenvalue weighted by Gasteiger charge is -2.34. The van der Waals surface area contributed by atoms with Crippen LogP contribution in [0, 0.1) is 12.8 Å². The summed E-state index contributed by atoms with van der Waals surface area (Å²) >= 11 is 5.96. The Morgan fingerprint density at radius 3 is 2.66 bits per heavy atom. The molecule has 38 heavy (non-hydrogen) atoms. The van der Waals surface area contributed by atoms with Crippen molar-refractivity contribution in [3.8, 4) is 0 Å². The van der Waals surface area contributed by atoms with E-state index in [4.69, 9.17) is 11.6 Å². The first-order valence-corrected chi connectivity index (χ1v) is 13.8. The van der Waals surface area contributed by atoms with Gasteiger partial charge in [-0.25, -0.2) is 23.3 Å². The van der Waals surface area contributed by atoms with E-state index in [0.29, 0.717) is 42.2 Å². The van der Waals surface area contributed by atoms with E-state index in [1.54, 1.807) is 10.7 Å². The molecule has 1 aliphatic carbocycles. The van der Waals surface area contributed by atoms with Crippen LogP contribution in [-0.4, -0.2) is 41.8 Å². The standard InChI is InChI=1S/C21H26ClF2N7.C6H11N/c1-4-30-18(7-10-25-30)14(3)26-19(15-5-8-21(23,24)9-6-15)17-12-31-20(28-17)27-16(11-22)13(2)29-31;1-6-4-2-3-5-7-6/h7,10,12,15,19,26H,3-6,8-9,11H2,1-2H3;7H,1-5H2. The normalized spacial score (nSPS) is 18.4. The summed E-state index contributed by atoms with van der Waals surface area (Å²) in [4.78, 5) is 9.16. The molecule has 8 nitrogen and oxygen atoms in total. The van der Waals surface area contributed by atoms with Crippen LogP contribution in [0.25, 0.3) is 11.5 Å². The van der Waals surface area contributed by atoms with Gasteiger partial charge in [-0.05, 0) is 57.9 Å². The predicted octanol–water partition coefficient (Wildman–Crippen LogP) is 5.79. The van der Waals surface area contributed by atoms with Crippen molar-refractivity contribution in [2.24, 2.45) is 5.92 Å². The Kier molecular flexibility index (Phi) is 9.02. The number of piperidine rings is 1. The number of nitrogens with zero attached hydrogens (tertiary/aromatic N) is 6. The molecule has 2 N–H and O–H groups in total. The van der Waals surface area contributed by atoms with Gasteiger partial charge in [-0.3, -0.25) is 4.68 Å². The van der Waals surface area contributed by atoms with E-state index in [-0.39, 0.29) is 30.7 Å². The highest BCUT2D eigenvalue weighted by Gasteiger charge is 2.39. The van der Waals surface area contributed by atoms with E-state index in [1.165, 1.54) is 25.0 Å². The zero-order valence-electron chi connectivity index (χ0n) is 22.2. The van der Waals surface area contributed by atoms with Crippen LogP contribution in [0.2, 0.25) is 0 Å². The summed E-state index contributed by atoms with van der Waals surface area (Å²) in [5, 5.41) is 15.4. The van der Waals surface area contributed by atoms with E-state index < -0.39 is 5.92 Å². The summed E-state index contributed by atoms with van der Waals surface area (Å²) in [5.41, 5.74) is 4.84. The van der Waals surface area contributed by atoms with Crippen LogP contribution in [0.4, 0.5) is 8.78 Å². The molecule has 1 saturated heterocycles. The molecular formula is C27H37ClF2N8. The van der Waals surface area contributed by atoms with Gasteiger partial charge in [0.15, 0.2) is 0 Å². The SMILES string of the molecule is C=C(NC(c1cn2nc(C)c(CCl)nc2n1)C1CCC(F)(F)CC1)c1ccnn1CC.C=C1CCCCN1. The van der Waals surface area contributed by atoms with Crippen molar-refractivity contribution in [1.82, 2.24) is 40.0 Å². The molecule has 0 spiro atoms. The summed E-state index contributed by atoms with van der Waals surface area (Å²) in [6, 6.07) is 1.58. The van der Waals surface area contributed by atoms with Crippen LogP contribution >= 0.6 is 11.6 Å². The molecule has 0 aromatic carbocycles. The highest BCUT2D eigenvalue weighted by Crippen LogP contribution is 2.41. The smallest absolute Gasteiger partial charge is 0.251 e. The van der Waals surface area contributed by atoms with E-state index >= 15 is 0 Å². The van der Waals surface area contributed by atoms with Crippen molar-refractivity contribution >= 4 is 23.1 Å². The van der Waals surface area contributed by atoms with E-state index in [1.807, 2.05) is 30.8 Å². The number of hydrogen-bond acceptors (Lipinski definition) is 6. The summed E-state index contributed by atoms with van der Waals surface area (Å²) in [5.74, 6) is -1.94. The van der Waals surface area contributed by atoms with Gasteiger partial charge in [-0.1, -0.05) is 13.2 Å². The average Bonchev–Trinajstić information content (AvgIpc) is 3.54. The van der Waals surface area contributed by atoms with Crippen LogP contribution < -0.4 is 10.6 Å². The summed E-state index contributed by atoms with van der Waals surface area (Å²) in [6.07, 6.45) is 7.88. The molecule has 206 valence electrons. The number of rotatable bonds is 7. The van der Waals surface area contributed by atoms with E-state index in [2.05, 4.69) is 44.0 Å². The average molecular weight is 547 g/mol. The predicted molar refractivity (Wildman–Crippen MR) is 146 cm³/mol. The minimum Gasteiger partial charge on any atom is -0.389 e.